The maximum Gasteiger partial charge on any atom is -0.0210 e. The average Bonchev–Trinajstić information content (AvgIpc) is 1.61. The van der Waals surface area contributed by atoms with Crippen molar-refractivity contribution in [2.24, 2.45) is 0 Å². The van der Waals surface area contributed by atoms with Crippen molar-refractivity contribution >= 4 is 11.8 Å². The summed E-state index contributed by atoms with van der Waals surface area (Å²) in [6.45, 7) is 2.16. The first-order chi connectivity index (χ1) is 2.91. The fraction of sp³-hybridized carbons (Fsp3) is 0.800. The van der Waals surface area contributed by atoms with E-state index in [2.05, 4.69) is 19.6 Å². The van der Waals surface area contributed by atoms with Crippen LogP contribution in [0, 0.1) is 6.42 Å². The molecule has 0 aliphatic rings. The molecule has 0 nitrogen and oxygen atoms in total. The van der Waals surface area contributed by atoms with Crippen molar-refractivity contribution < 1.29 is 0 Å². The molecule has 0 aromatic carbocycles. The molecule has 0 aromatic heterocycles. The summed E-state index contributed by atoms with van der Waals surface area (Å²) in [7, 11) is 0. The van der Waals surface area contributed by atoms with Crippen molar-refractivity contribution in [3.63, 3.8) is 0 Å². The van der Waals surface area contributed by atoms with Crippen molar-refractivity contribution in [1.29, 1.82) is 0 Å². The minimum atomic E-state index is 1.20. The van der Waals surface area contributed by atoms with Crippen LogP contribution < -0.4 is 0 Å². The highest BCUT2D eigenvalue weighted by Gasteiger charge is 1.61. The lowest BCUT2D eigenvalue weighted by atomic mass is 10.4. The first kappa shape index (κ1) is 6.35. The summed E-state index contributed by atoms with van der Waals surface area (Å²) in [5.41, 5.74) is 0. The molecule has 0 N–H and O–H groups in total. The van der Waals surface area contributed by atoms with Crippen LogP contribution in [0.5, 0.6) is 0 Å². The Labute approximate surface area is 44.3 Å². The second kappa shape index (κ2) is 5.35. The number of hydrogen-bond donors (Lipinski definition) is 0. The van der Waals surface area contributed by atoms with Crippen molar-refractivity contribution in [3.05, 3.63) is 6.42 Å². The van der Waals surface area contributed by atoms with Crippen LogP contribution in [-0.4, -0.2) is 12.0 Å². The average molecular weight is 103 g/mol. The molecule has 0 heterocycles. The summed E-state index contributed by atoms with van der Waals surface area (Å²) in [5.74, 6) is 1.20. The smallest absolute Gasteiger partial charge is 0.0210 e. The van der Waals surface area contributed by atoms with E-state index in [1.165, 1.54) is 12.2 Å². The summed E-state index contributed by atoms with van der Waals surface area (Å²) in [4.78, 5) is 0. The highest BCUT2D eigenvalue weighted by Crippen LogP contribution is 1.95. The Bertz CT molecular complexity index is 15.9. The Morgan fingerprint density at radius 1 is 1.67 bits per heavy atom. The van der Waals surface area contributed by atoms with Crippen molar-refractivity contribution in [1.82, 2.24) is 0 Å². The second-order valence-electron chi connectivity index (χ2n) is 1.15. The molecule has 0 rings (SSSR count). The SMILES string of the molecule is CC[CH-]CSC. The van der Waals surface area contributed by atoms with Crippen LogP contribution in [0.4, 0.5) is 0 Å². The van der Waals surface area contributed by atoms with E-state index in [1.54, 1.807) is 0 Å². The van der Waals surface area contributed by atoms with Crippen LogP contribution in [0.25, 0.3) is 0 Å². The molecule has 0 aliphatic carbocycles. The fourth-order valence-corrected chi connectivity index (χ4v) is 0.707. The Hall–Kier alpha value is 0.350. The molecule has 0 bridgehead atoms. The summed E-state index contributed by atoms with van der Waals surface area (Å²) in [6, 6.07) is 0. The normalized spacial score (nSPS) is 9.00. The van der Waals surface area contributed by atoms with Crippen LogP contribution in [0.15, 0.2) is 0 Å². The zero-order valence-corrected chi connectivity index (χ0v) is 5.22. The Kier molecular flexibility index (Phi) is 5.66. The number of thioether (sulfide) groups is 1. The third-order valence-corrected chi connectivity index (χ3v) is 1.14. The van der Waals surface area contributed by atoms with Gasteiger partial charge in [-0.2, -0.15) is 18.2 Å². The van der Waals surface area contributed by atoms with E-state index >= 15 is 0 Å². The fourth-order valence-electron chi connectivity index (χ4n) is 0.236. The van der Waals surface area contributed by atoms with Gasteiger partial charge in [-0.25, -0.2) is 0 Å². The van der Waals surface area contributed by atoms with Gasteiger partial charge in [-0.15, -0.1) is 5.75 Å². The highest BCUT2D eigenvalue weighted by atomic mass is 32.2. The zero-order valence-electron chi connectivity index (χ0n) is 4.40. The van der Waals surface area contributed by atoms with E-state index in [9.17, 15) is 0 Å². The van der Waals surface area contributed by atoms with Crippen LogP contribution in [0.3, 0.4) is 0 Å². The van der Waals surface area contributed by atoms with Crippen molar-refractivity contribution in [2.75, 3.05) is 12.0 Å². The van der Waals surface area contributed by atoms with Crippen LogP contribution in [-0.2, 0) is 0 Å². The lowest BCUT2D eigenvalue weighted by molar-refractivity contribution is 1.10. The molecule has 0 unspecified atom stereocenters. The van der Waals surface area contributed by atoms with E-state index in [-0.39, 0.29) is 0 Å². The van der Waals surface area contributed by atoms with Gasteiger partial charge in [0, 0.05) is 0 Å². The molecule has 0 spiro atoms. The van der Waals surface area contributed by atoms with Gasteiger partial charge in [0.1, 0.15) is 0 Å². The molecule has 0 aliphatic heterocycles. The first-order valence-corrected chi connectivity index (χ1v) is 3.61. The predicted octanol–water partition coefficient (Wildman–Crippen LogP) is 1.96. The van der Waals surface area contributed by atoms with Gasteiger partial charge in [-0.05, 0) is 6.26 Å². The van der Waals surface area contributed by atoms with E-state index in [0.717, 1.165) is 0 Å². The molecule has 1 heteroatoms. The van der Waals surface area contributed by atoms with Crippen molar-refractivity contribution in [2.45, 2.75) is 13.3 Å². The van der Waals surface area contributed by atoms with E-state index in [0.29, 0.717) is 0 Å². The van der Waals surface area contributed by atoms with Gasteiger partial charge >= 0.3 is 0 Å². The Balaban J connectivity index is 2.34. The Morgan fingerprint density at radius 3 is 2.50 bits per heavy atom. The number of unbranched alkanes of at least 4 members (excludes halogenated alkanes) is 1. The first-order valence-electron chi connectivity index (χ1n) is 2.22. The lowest BCUT2D eigenvalue weighted by Gasteiger charge is -2.00. The van der Waals surface area contributed by atoms with Gasteiger partial charge in [0.15, 0.2) is 0 Å². The summed E-state index contributed by atoms with van der Waals surface area (Å²) >= 11 is 1.87. The quantitative estimate of drug-likeness (QED) is 0.388. The van der Waals surface area contributed by atoms with Crippen molar-refractivity contribution in [3.8, 4) is 0 Å². The molecule has 6 heavy (non-hydrogen) atoms. The molecule has 0 aromatic rings. The maximum atomic E-state index is 2.27. The lowest BCUT2D eigenvalue weighted by Crippen LogP contribution is -1.73. The van der Waals surface area contributed by atoms with Gasteiger partial charge in [0.25, 0.3) is 0 Å². The largest absolute Gasteiger partial charge is 0.319 e. The summed E-state index contributed by atoms with van der Waals surface area (Å²) in [5, 5.41) is 0. The Morgan fingerprint density at radius 2 is 2.33 bits per heavy atom. The summed E-state index contributed by atoms with van der Waals surface area (Å²) in [6.07, 6.45) is 5.59. The molecule has 0 saturated heterocycles. The third kappa shape index (κ3) is 4.35. The van der Waals surface area contributed by atoms with Gasteiger partial charge in [-0.3, -0.25) is 0 Å². The molecule has 0 atom stereocenters. The molecule has 0 amide bonds. The van der Waals surface area contributed by atoms with Crippen LogP contribution in [0.1, 0.15) is 13.3 Å². The highest BCUT2D eigenvalue weighted by molar-refractivity contribution is 7.98. The molecular weight excluding hydrogens is 92.1 g/mol. The van der Waals surface area contributed by atoms with E-state index in [1.807, 2.05) is 11.8 Å². The standard InChI is InChI=1S/C5H11S/c1-3-4-5-6-2/h4H,3,5H2,1-2H3/q-1. The van der Waals surface area contributed by atoms with Gasteiger partial charge in [-0.1, -0.05) is 6.92 Å². The minimum absolute atomic E-state index is 1.20. The molecule has 38 valence electrons. The maximum absolute atomic E-state index is 2.27. The minimum Gasteiger partial charge on any atom is -0.319 e. The van der Waals surface area contributed by atoms with Gasteiger partial charge < -0.3 is 6.42 Å². The van der Waals surface area contributed by atoms with Crippen LogP contribution >= 0.6 is 11.8 Å². The molecule has 0 fully saturated rings. The zero-order chi connectivity index (χ0) is 4.83. The number of hydrogen-bond acceptors (Lipinski definition) is 1. The topological polar surface area (TPSA) is 0 Å². The predicted molar refractivity (Wildman–Crippen MR) is 33.0 cm³/mol. The second-order valence-corrected chi connectivity index (χ2v) is 2.06. The van der Waals surface area contributed by atoms with E-state index < -0.39 is 0 Å². The van der Waals surface area contributed by atoms with Crippen LogP contribution in [0.2, 0.25) is 0 Å². The monoisotopic (exact) mass is 103 g/mol. The molecule has 0 saturated carbocycles. The van der Waals surface area contributed by atoms with Gasteiger partial charge in [0.2, 0.25) is 0 Å². The molecular formula is C5H11S-. The summed E-state index contributed by atoms with van der Waals surface area (Å²) < 4.78 is 0. The van der Waals surface area contributed by atoms with E-state index in [4.69, 9.17) is 0 Å². The molecule has 0 radical (unpaired) electrons. The van der Waals surface area contributed by atoms with Gasteiger partial charge in [0.05, 0.1) is 0 Å². The number of rotatable bonds is 3. The third-order valence-electron chi connectivity index (χ3n) is 0.573.